The molecular weight excluding hydrogens is 476 g/mol. The van der Waals surface area contributed by atoms with Crippen LogP contribution in [0.15, 0.2) is 23.2 Å². The summed E-state index contributed by atoms with van der Waals surface area (Å²) in [5.41, 5.74) is -0.621. The van der Waals surface area contributed by atoms with E-state index in [1.807, 2.05) is 6.92 Å². The number of thiophene rings is 1. The number of aliphatic imine (C=N–C) groups is 1. The third-order valence-corrected chi connectivity index (χ3v) is 7.93. The van der Waals surface area contributed by atoms with Crippen molar-refractivity contribution in [2.45, 2.75) is 38.8 Å². The Kier molecular flexibility index (Phi) is 6.73. The van der Waals surface area contributed by atoms with Crippen LogP contribution in [0.2, 0.25) is 5.02 Å². The Morgan fingerprint density at radius 3 is 2.69 bits per heavy atom. The first-order valence-corrected chi connectivity index (χ1v) is 12.1. The fraction of sp³-hybridized carbons (Fsp3) is 0.450. The number of rotatable bonds is 3. The maximum atomic E-state index is 12.8. The van der Waals surface area contributed by atoms with Gasteiger partial charge in [-0.15, -0.1) is 11.3 Å². The number of methoxy groups -OCH3 is 1. The van der Waals surface area contributed by atoms with Crippen LogP contribution in [-0.4, -0.2) is 57.0 Å². The molecule has 0 fully saturated rings. The lowest BCUT2D eigenvalue weighted by Gasteiger charge is -2.34. The lowest BCUT2D eigenvalue weighted by molar-refractivity contribution is 0.0556. The molecule has 174 valence electrons. The van der Waals surface area contributed by atoms with E-state index in [1.165, 1.54) is 22.8 Å². The van der Waals surface area contributed by atoms with Crippen LogP contribution in [0.3, 0.4) is 0 Å². The molecule has 2 aromatic rings. The molecular formula is C20H25ClN4O5S2. The van der Waals surface area contributed by atoms with Crippen LogP contribution in [0.1, 0.15) is 43.1 Å². The van der Waals surface area contributed by atoms with Gasteiger partial charge in [-0.2, -0.15) is 0 Å². The first-order chi connectivity index (χ1) is 14.8. The number of H-pyrrole nitrogens is 1. The Bertz CT molecular complexity index is 1100. The minimum absolute atomic E-state index is 0.130. The molecule has 0 spiro atoms. The number of aromatic nitrogens is 1. The molecule has 2 atom stereocenters. The number of alkyl carbamates (subject to hydrolysis) is 1. The summed E-state index contributed by atoms with van der Waals surface area (Å²) < 4.78 is 24.2. The van der Waals surface area contributed by atoms with Crippen molar-refractivity contribution in [2.24, 2.45) is 4.99 Å². The van der Waals surface area contributed by atoms with E-state index in [0.717, 1.165) is 4.88 Å². The summed E-state index contributed by atoms with van der Waals surface area (Å²) in [4.78, 5) is 33.1. The molecule has 0 bridgehead atoms. The maximum absolute atomic E-state index is 12.8. The van der Waals surface area contributed by atoms with E-state index in [-0.39, 0.29) is 11.7 Å². The average Bonchev–Trinajstić information content (AvgIpc) is 3.30. The molecule has 0 saturated carbocycles. The van der Waals surface area contributed by atoms with Crippen LogP contribution in [0, 0.1) is 0 Å². The molecule has 2 N–H and O–H groups in total. The van der Waals surface area contributed by atoms with E-state index in [4.69, 9.17) is 21.1 Å². The number of ether oxygens (including phenoxy) is 2. The Morgan fingerprint density at radius 1 is 1.38 bits per heavy atom. The van der Waals surface area contributed by atoms with Gasteiger partial charge in [0.25, 0.3) is 0 Å². The van der Waals surface area contributed by atoms with Gasteiger partial charge in [0.05, 0.1) is 33.3 Å². The van der Waals surface area contributed by atoms with Crippen molar-refractivity contribution in [1.29, 1.82) is 0 Å². The van der Waals surface area contributed by atoms with Gasteiger partial charge in [-0.05, 0) is 45.9 Å². The normalized spacial score (nSPS) is 21.2. The lowest BCUT2D eigenvalue weighted by Crippen LogP contribution is -2.51. The summed E-state index contributed by atoms with van der Waals surface area (Å²) in [6.07, 6.45) is -0.691. The third-order valence-electron chi connectivity index (χ3n) is 4.51. The van der Waals surface area contributed by atoms with Crippen LogP contribution < -0.4 is 5.32 Å². The molecule has 12 heteroatoms. The van der Waals surface area contributed by atoms with Crippen LogP contribution in [-0.2, 0) is 26.0 Å². The predicted molar refractivity (Wildman–Crippen MR) is 125 cm³/mol. The predicted octanol–water partition coefficient (Wildman–Crippen LogP) is 3.89. The Labute approximate surface area is 197 Å². The molecule has 2 unspecified atom stereocenters. The molecule has 1 aliphatic rings. The van der Waals surface area contributed by atoms with Crippen LogP contribution in [0.25, 0.3) is 10.6 Å². The summed E-state index contributed by atoms with van der Waals surface area (Å²) in [7, 11) is 1.43. The number of hydrogen-bond acceptors (Lipinski definition) is 7. The molecule has 2 aromatic heterocycles. The van der Waals surface area contributed by atoms with E-state index < -0.39 is 34.2 Å². The van der Waals surface area contributed by atoms with Gasteiger partial charge in [0.1, 0.15) is 27.8 Å². The zero-order valence-electron chi connectivity index (χ0n) is 18.6. The van der Waals surface area contributed by atoms with Crippen LogP contribution in [0.5, 0.6) is 0 Å². The molecule has 1 aliphatic heterocycles. The molecule has 3 heterocycles. The standard InChI is InChI=1S/C20H25ClN4O5S2/c1-19(2,3)30-18(27)23-17-24-20(4,10-32(28)25(17)5)15-11(21)9-14(31-15)12-7-8-13(22-12)16(26)29-6/h7-9,22H,10H2,1-6H3,(H,23,24,27). The second-order valence-corrected chi connectivity index (χ2v) is 11.3. The number of nitrogens with one attached hydrogen (secondary N) is 2. The number of guanidine groups is 1. The molecule has 0 aliphatic carbocycles. The molecule has 1 amide bonds. The summed E-state index contributed by atoms with van der Waals surface area (Å²) in [6.45, 7) is 7.06. The van der Waals surface area contributed by atoms with Crippen molar-refractivity contribution in [2.75, 3.05) is 19.9 Å². The fourth-order valence-corrected chi connectivity index (χ4v) is 5.89. The van der Waals surface area contributed by atoms with Crippen molar-refractivity contribution in [3.05, 3.63) is 33.8 Å². The number of carbonyl (C=O) groups is 2. The first-order valence-electron chi connectivity index (χ1n) is 9.62. The number of esters is 1. The van der Waals surface area contributed by atoms with E-state index in [9.17, 15) is 13.8 Å². The van der Waals surface area contributed by atoms with E-state index in [1.54, 1.807) is 46.0 Å². The highest BCUT2D eigenvalue weighted by Gasteiger charge is 2.40. The Morgan fingerprint density at radius 2 is 2.06 bits per heavy atom. The third kappa shape index (κ3) is 5.16. The molecule has 32 heavy (non-hydrogen) atoms. The van der Waals surface area contributed by atoms with Gasteiger partial charge in [-0.25, -0.2) is 18.8 Å². The number of aromatic amines is 1. The SMILES string of the molecule is COC(=O)c1ccc(-c2cc(Cl)c(C3(C)CS(=O)N(C)C(NC(=O)OC(C)(C)C)=N3)s2)[nH]1. The summed E-state index contributed by atoms with van der Waals surface area (Å²) in [5.74, 6) is -0.162. The highest BCUT2D eigenvalue weighted by atomic mass is 35.5. The number of carbonyl (C=O) groups excluding carboxylic acids is 2. The molecule has 0 aromatic carbocycles. The van der Waals surface area contributed by atoms with Crippen molar-refractivity contribution < 1.29 is 23.3 Å². The quantitative estimate of drug-likeness (QED) is 0.621. The molecule has 0 radical (unpaired) electrons. The number of hydrogen-bond donors (Lipinski definition) is 2. The topological polar surface area (TPSA) is 113 Å². The largest absolute Gasteiger partial charge is 0.464 e. The van der Waals surface area contributed by atoms with Crippen molar-refractivity contribution in [3.8, 4) is 10.6 Å². The zero-order chi connectivity index (χ0) is 23.8. The Hall–Kier alpha value is -2.37. The van der Waals surface area contributed by atoms with Crippen LogP contribution in [0.4, 0.5) is 4.79 Å². The van der Waals surface area contributed by atoms with Gasteiger partial charge in [-0.3, -0.25) is 9.62 Å². The van der Waals surface area contributed by atoms with Gasteiger partial charge in [0, 0.05) is 7.05 Å². The Balaban J connectivity index is 1.94. The molecule has 3 rings (SSSR count). The minimum Gasteiger partial charge on any atom is -0.464 e. The van der Waals surface area contributed by atoms with Gasteiger partial charge in [-0.1, -0.05) is 11.6 Å². The van der Waals surface area contributed by atoms with E-state index in [2.05, 4.69) is 15.3 Å². The summed E-state index contributed by atoms with van der Waals surface area (Å²) >= 11 is 7.92. The van der Waals surface area contributed by atoms with E-state index in [0.29, 0.717) is 21.3 Å². The molecule has 9 nitrogen and oxygen atoms in total. The van der Waals surface area contributed by atoms with Gasteiger partial charge in [0.2, 0.25) is 5.96 Å². The average molecular weight is 501 g/mol. The van der Waals surface area contributed by atoms with Crippen molar-refractivity contribution in [3.63, 3.8) is 0 Å². The maximum Gasteiger partial charge on any atom is 0.414 e. The summed E-state index contributed by atoms with van der Waals surface area (Å²) in [5, 5.41) is 3.03. The minimum atomic E-state index is -1.46. The number of nitrogens with zero attached hydrogens (tertiary/aromatic N) is 2. The fourth-order valence-electron chi connectivity index (χ4n) is 3.02. The molecule has 0 saturated heterocycles. The van der Waals surface area contributed by atoms with Gasteiger partial charge in [0.15, 0.2) is 0 Å². The van der Waals surface area contributed by atoms with Crippen molar-refractivity contribution >= 4 is 51.9 Å². The van der Waals surface area contributed by atoms with Gasteiger partial charge < -0.3 is 14.5 Å². The highest BCUT2D eigenvalue weighted by Crippen LogP contribution is 2.43. The van der Waals surface area contributed by atoms with Crippen molar-refractivity contribution in [1.82, 2.24) is 14.6 Å². The highest BCUT2D eigenvalue weighted by molar-refractivity contribution is 7.83. The number of halogens is 1. The second kappa shape index (κ2) is 8.87. The van der Waals surface area contributed by atoms with E-state index >= 15 is 0 Å². The number of amides is 1. The van der Waals surface area contributed by atoms with Gasteiger partial charge >= 0.3 is 12.1 Å². The van der Waals surface area contributed by atoms with Crippen LogP contribution >= 0.6 is 22.9 Å². The monoisotopic (exact) mass is 500 g/mol. The smallest absolute Gasteiger partial charge is 0.414 e. The lowest BCUT2D eigenvalue weighted by atomic mass is 10.0. The first kappa shape index (κ1) is 24.3. The second-order valence-electron chi connectivity index (χ2n) is 8.36. The zero-order valence-corrected chi connectivity index (χ0v) is 21.0. The summed E-state index contributed by atoms with van der Waals surface area (Å²) in [6, 6.07) is 5.14.